The molecule has 5 heteroatoms. The van der Waals surface area contributed by atoms with E-state index in [9.17, 15) is 4.79 Å². The maximum Gasteiger partial charge on any atom is 0.238 e. The van der Waals surface area contributed by atoms with Crippen LogP contribution in [0.15, 0.2) is 48.5 Å². The zero-order valence-electron chi connectivity index (χ0n) is 11.2. The highest BCUT2D eigenvalue weighted by atomic mass is 35.5. The number of nitrogens with one attached hydrogen (secondary N) is 1. The van der Waals surface area contributed by atoms with E-state index in [1.807, 2.05) is 24.3 Å². The Balaban J connectivity index is 1.89. The molecule has 0 bridgehead atoms. The van der Waals surface area contributed by atoms with E-state index in [-0.39, 0.29) is 12.3 Å². The van der Waals surface area contributed by atoms with Gasteiger partial charge >= 0.3 is 0 Å². The van der Waals surface area contributed by atoms with Gasteiger partial charge in [-0.05, 0) is 42.0 Å². The van der Waals surface area contributed by atoms with Gasteiger partial charge in [0.15, 0.2) is 0 Å². The number of hydrogen-bond donors (Lipinski definition) is 1. The van der Waals surface area contributed by atoms with Crippen LogP contribution in [-0.4, -0.2) is 5.91 Å². The minimum Gasteiger partial charge on any atom is -0.489 e. The van der Waals surface area contributed by atoms with Crippen LogP contribution < -0.4 is 10.1 Å². The van der Waals surface area contributed by atoms with Crippen LogP contribution in [0.2, 0.25) is 5.02 Å². The fraction of sp³-hybridized carbons (Fsp3) is 0.125. The van der Waals surface area contributed by atoms with E-state index >= 15 is 0 Å². The Morgan fingerprint density at radius 1 is 1.14 bits per heavy atom. The quantitative estimate of drug-likeness (QED) is 0.914. The van der Waals surface area contributed by atoms with E-state index < -0.39 is 0 Å². The van der Waals surface area contributed by atoms with Crippen molar-refractivity contribution in [2.24, 2.45) is 0 Å². The predicted octanol–water partition coefficient (Wildman–Crippen LogP) is 3.77. The molecule has 0 aromatic heterocycles. The second-order valence-corrected chi connectivity index (χ2v) is 4.76. The first-order valence-corrected chi connectivity index (χ1v) is 6.69. The Hall–Kier alpha value is -2.51. The number of amides is 1. The van der Waals surface area contributed by atoms with Crippen molar-refractivity contribution < 1.29 is 9.53 Å². The van der Waals surface area contributed by atoms with E-state index in [0.717, 1.165) is 5.56 Å². The Kier molecular flexibility index (Phi) is 5.19. The number of anilines is 1. The number of benzene rings is 2. The summed E-state index contributed by atoms with van der Waals surface area (Å²) in [6.07, 6.45) is -0.158. The number of carbonyl (C=O) groups is 1. The Labute approximate surface area is 127 Å². The van der Waals surface area contributed by atoms with Crippen LogP contribution in [0.4, 0.5) is 5.69 Å². The number of rotatable bonds is 5. The zero-order chi connectivity index (χ0) is 15.1. The van der Waals surface area contributed by atoms with Crippen molar-refractivity contribution in [3.63, 3.8) is 0 Å². The first-order valence-electron chi connectivity index (χ1n) is 6.31. The van der Waals surface area contributed by atoms with Crippen LogP contribution in [0.5, 0.6) is 5.75 Å². The lowest BCUT2D eigenvalue weighted by Gasteiger charge is -2.08. The van der Waals surface area contributed by atoms with Gasteiger partial charge in [-0.25, -0.2) is 0 Å². The molecule has 1 N–H and O–H groups in total. The van der Waals surface area contributed by atoms with Crippen LogP contribution in [0.3, 0.4) is 0 Å². The zero-order valence-corrected chi connectivity index (χ0v) is 11.9. The molecule has 0 unspecified atom stereocenters. The van der Waals surface area contributed by atoms with Crippen LogP contribution in [0.25, 0.3) is 0 Å². The summed E-state index contributed by atoms with van der Waals surface area (Å²) in [5, 5.41) is 11.7. The van der Waals surface area contributed by atoms with E-state index in [2.05, 4.69) is 5.32 Å². The molecule has 0 saturated carbocycles. The molecule has 0 aliphatic carbocycles. The minimum absolute atomic E-state index is 0.158. The minimum atomic E-state index is -0.327. The summed E-state index contributed by atoms with van der Waals surface area (Å²) < 4.78 is 5.63. The van der Waals surface area contributed by atoms with Crippen molar-refractivity contribution in [1.82, 2.24) is 0 Å². The van der Waals surface area contributed by atoms with Crippen molar-refractivity contribution in [3.8, 4) is 11.8 Å². The van der Waals surface area contributed by atoms with Gasteiger partial charge < -0.3 is 10.1 Å². The van der Waals surface area contributed by atoms with Gasteiger partial charge in [0, 0.05) is 10.7 Å². The number of hydrogen-bond acceptors (Lipinski definition) is 3. The topological polar surface area (TPSA) is 62.1 Å². The first-order chi connectivity index (χ1) is 10.2. The third kappa shape index (κ3) is 4.83. The normalized spacial score (nSPS) is 9.71. The molecule has 4 nitrogen and oxygen atoms in total. The van der Waals surface area contributed by atoms with Gasteiger partial charge in [-0.15, -0.1) is 0 Å². The summed E-state index contributed by atoms with van der Waals surface area (Å²) in [6, 6.07) is 16.2. The lowest BCUT2D eigenvalue weighted by Crippen LogP contribution is -2.09. The maximum absolute atomic E-state index is 11.3. The number of halogens is 1. The second-order valence-electron chi connectivity index (χ2n) is 4.32. The summed E-state index contributed by atoms with van der Waals surface area (Å²) in [5.41, 5.74) is 1.65. The summed E-state index contributed by atoms with van der Waals surface area (Å²) in [4.78, 5) is 11.3. The molecule has 0 radical (unpaired) electrons. The highest BCUT2D eigenvalue weighted by molar-refractivity contribution is 6.30. The molecule has 0 spiro atoms. The molecule has 0 heterocycles. The van der Waals surface area contributed by atoms with Gasteiger partial charge in [0.05, 0.1) is 6.07 Å². The van der Waals surface area contributed by atoms with Gasteiger partial charge in [0.25, 0.3) is 0 Å². The van der Waals surface area contributed by atoms with Crippen molar-refractivity contribution in [3.05, 3.63) is 59.1 Å². The molecular formula is C16H13ClN2O2. The first kappa shape index (κ1) is 14.9. The van der Waals surface area contributed by atoms with Crippen molar-refractivity contribution in [2.45, 2.75) is 13.0 Å². The summed E-state index contributed by atoms with van der Waals surface area (Å²) in [5.74, 6) is 0.371. The highest BCUT2D eigenvalue weighted by Crippen LogP contribution is 2.18. The molecule has 2 aromatic carbocycles. The molecule has 0 fully saturated rings. The Morgan fingerprint density at radius 3 is 2.43 bits per heavy atom. The monoisotopic (exact) mass is 300 g/mol. The molecule has 0 aliphatic rings. The average molecular weight is 301 g/mol. The summed E-state index contributed by atoms with van der Waals surface area (Å²) >= 11 is 5.81. The van der Waals surface area contributed by atoms with Gasteiger partial charge in [-0.2, -0.15) is 5.26 Å². The summed E-state index contributed by atoms with van der Waals surface area (Å²) in [7, 11) is 0. The van der Waals surface area contributed by atoms with Crippen molar-refractivity contribution in [1.29, 1.82) is 5.26 Å². The molecule has 21 heavy (non-hydrogen) atoms. The lowest BCUT2D eigenvalue weighted by molar-refractivity contribution is -0.115. The molecule has 0 aliphatic heterocycles. The molecule has 0 atom stereocenters. The van der Waals surface area contributed by atoms with Crippen LogP contribution in [0.1, 0.15) is 12.0 Å². The van der Waals surface area contributed by atoms with Gasteiger partial charge in [0.1, 0.15) is 18.8 Å². The predicted molar refractivity (Wildman–Crippen MR) is 81.1 cm³/mol. The number of ether oxygens (including phenoxy) is 1. The van der Waals surface area contributed by atoms with Crippen LogP contribution in [-0.2, 0) is 11.4 Å². The maximum atomic E-state index is 11.3. The standard InChI is InChI=1S/C16H13ClN2O2/c17-13-3-1-12(2-4-13)11-21-15-7-5-14(6-8-15)19-16(20)9-10-18/h1-8H,9,11H2,(H,19,20). The third-order valence-electron chi connectivity index (χ3n) is 2.70. The summed E-state index contributed by atoms with van der Waals surface area (Å²) in [6.45, 7) is 0.442. The van der Waals surface area contributed by atoms with E-state index in [1.165, 1.54) is 0 Å². The highest BCUT2D eigenvalue weighted by Gasteiger charge is 2.02. The molecular weight excluding hydrogens is 288 g/mol. The van der Waals surface area contributed by atoms with Gasteiger partial charge in [-0.3, -0.25) is 4.79 Å². The fourth-order valence-corrected chi connectivity index (χ4v) is 1.78. The molecule has 2 aromatic rings. The van der Waals surface area contributed by atoms with Gasteiger partial charge in [-0.1, -0.05) is 23.7 Å². The smallest absolute Gasteiger partial charge is 0.238 e. The number of nitrogens with zero attached hydrogens (tertiary/aromatic N) is 1. The average Bonchev–Trinajstić information content (AvgIpc) is 2.48. The SMILES string of the molecule is N#CCC(=O)Nc1ccc(OCc2ccc(Cl)cc2)cc1. The molecule has 106 valence electrons. The molecule has 2 rings (SSSR count). The largest absolute Gasteiger partial charge is 0.489 e. The Morgan fingerprint density at radius 2 is 1.81 bits per heavy atom. The fourth-order valence-electron chi connectivity index (χ4n) is 1.66. The lowest BCUT2D eigenvalue weighted by atomic mass is 10.2. The van der Waals surface area contributed by atoms with E-state index in [0.29, 0.717) is 23.1 Å². The van der Waals surface area contributed by atoms with E-state index in [1.54, 1.807) is 30.3 Å². The molecule has 0 saturated heterocycles. The van der Waals surface area contributed by atoms with Crippen molar-refractivity contribution >= 4 is 23.2 Å². The number of carbonyl (C=O) groups excluding carboxylic acids is 1. The third-order valence-corrected chi connectivity index (χ3v) is 2.95. The Bertz CT molecular complexity index is 645. The van der Waals surface area contributed by atoms with Crippen LogP contribution in [0, 0.1) is 11.3 Å². The van der Waals surface area contributed by atoms with Crippen LogP contribution >= 0.6 is 11.6 Å². The van der Waals surface area contributed by atoms with Crippen molar-refractivity contribution in [2.75, 3.05) is 5.32 Å². The molecule has 1 amide bonds. The number of nitriles is 1. The second kappa shape index (κ2) is 7.32. The van der Waals surface area contributed by atoms with Gasteiger partial charge in [0.2, 0.25) is 5.91 Å². The van der Waals surface area contributed by atoms with E-state index in [4.69, 9.17) is 21.6 Å².